The van der Waals surface area contributed by atoms with Crippen molar-refractivity contribution in [1.82, 2.24) is 14.5 Å². The summed E-state index contributed by atoms with van der Waals surface area (Å²) in [5, 5.41) is 3.19. The molecule has 146 valence electrons. The number of carbonyl (C=O) groups is 1. The molecular weight excluding hydrogens is 392 g/mol. The second-order valence-electron chi connectivity index (χ2n) is 6.15. The molecule has 4 aromatic rings. The van der Waals surface area contributed by atoms with Gasteiger partial charge in [0, 0.05) is 23.5 Å². The molecule has 0 aliphatic rings. The molecule has 1 amide bonds. The summed E-state index contributed by atoms with van der Waals surface area (Å²) in [7, 11) is 3.02. The van der Waals surface area contributed by atoms with E-state index in [0.29, 0.717) is 27.8 Å². The second kappa shape index (κ2) is 7.81. The zero-order valence-corrected chi connectivity index (χ0v) is 16.5. The number of nitrogens with zero attached hydrogens (tertiary/aromatic N) is 3. The van der Waals surface area contributed by atoms with Crippen LogP contribution in [0.15, 0.2) is 61.1 Å². The van der Waals surface area contributed by atoms with Crippen LogP contribution in [0.25, 0.3) is 16.9 Å². The van der Waals surface area contributed by atoms with Gasteiger partial charge in [-0.25, -0.2) is 9.97 Å². The number of nitrogens with one attached hydrogen (secondary N) is 1. The highest BCUT2D eigenvalue weighted by molar-refractivity contribution is 6.32. The van der Waals surface area contributed by atoms with Gasteiger partial charge in [-0.3, -0.25) is 9.36 Å². The van der Waals surface area contributed by atoms with Gasteiger partial charge in [-0.15, -0.1) is 0 Å². The lowest BCUT2D eigenvalue weighted by molar-refractivity contribution is 0.102. The van der Waals surface area contributed by atoms with Gasteiger partial charge >= 0.3 is 0 Å². The molecule has 2 heterocycles. The summed E-state index contributed by atoms with van der Waals surface area (Å²) < 4.78 is 12.4. The van der Waals surface area contributed by atoms with Crippen LogP contribution in [-0.2, 0) is 0 Å². The standard InChI is InChI=1S/C21H17ClN4O3/c1-28-18-11-19(29-2)17(10-15(18)22)25-21(27)13-5-7-14(8-6-13)26-12-24-16-4-3-9-23-20(16)26/h3-12H,1-2H3,(H,25,27). The average Bonchev–Trinajstić information content (AvgIpc) is 3.18. The molecule has 0 saturated carbocycles. The summed E-state index contributed by atoms with van der Waals surface area (Å²) in [5.41, 5.74) is 3.35. The number of pyridine rings is 1. The van der Waals surface area contributed by atoms with Gasteiger partial charge in [0.15, 0.2) is 5.65 Å². The fraction of sp³-hybridized carbons (Fsp3) is 0.0952. The Hall–Kier alpha value is -3.58. The number of amides is 1. The Balaban J connectivity index is 1.58. The summed E-state index contributed by atoms with van der Waals surface area (Å²) in [6.45, 7) is 0. The first-order valence-corrected chi connectivity index (χ1v) is 9.10. The van der Waals surface area contributed by atoms with Crippen molar-refractivity contribution in [3.05, 3.63) is 71.6 Å². The molecule has 29 heavy (non-hydrogen) atoms. The number of carbonyl (C=O) groups excluding carboxylic acids is 1. The Kier molecular flexibility index (Phi) is 5.05. The van der Waals surface area contributed by atoms with Crippen molar-refractivity contribution in [3.63, 3.8) is 0 Å². The van der Waals surface area contributed by atoms with Crippen LogP contribution in [0.1, 0.15) is 10.4 Å². The first-order chi connectivity index (χ1) is 14.1. The highest BCUT2D eigenvalue weighted by Gasteiger charge is 2.14. The summed E-state index contributed by atoms with van der Waals surface area (Å²) >= 11 is 6.17. The van der Waals surface area contributed by atoms with Crippen LogP contribution in [0.3, 0.4) is 0 Å². The van der Waals surface area contributed by atoms with Gasteiger partial charge < -0.3 is 14.8 Å². The van der Waals surface area contributed by atoms with E-state index < -0.39 is 0 Å². The largest absolute Gasteiger partial charge is 0.495 e. The second-order valence-corrected chi connectivity index (χ2v) is 6.56. The fourth-order valence-corrected chi connectivity index (χ4v) is 3.20. The van der Waals surface area contributed by atoms with Crippen LogP contribution < -0.4 is 14.8 Å². The quantitative estimate of drug-likeness (QED) is 0.531. The monoisotopic (exact) mass is 408 g/mol. The molecule has 0 fully saturated rings. The molecule has 0 aliphatic heterocycles. The Labute approximate surface area is 171 Å². The third-order valence-corrected chi connectivity index (χ3v) is 4.73. The van der Waals surface area contributed by atoms with Gasteiger partial charge in [0.2, 0.25) is 0 Å². The molecule has 4 rings (SSSR count). The number of hydrogen-bond donors (Lipinski definition) is 1. The molecule has 0 unspecified atom stereocenters. The van der Waals surface area contributed by atoms with E-state index in [-0.39, 0.29) is 5.91 Å². The van der Waals surface area contributed by atoms with E-state index in [2.05, 4.69) is 15.3 Å². The minimum Gasteiger partial charge on any atom is -0.495 e. The van der Waals surface area contributed by atoms with Crippen LogP contribution in [0.5, 0.6) is 11.5 Å². The molecular formula is C21H17ClN4O3. The van der Waals surface area contributed by atoms with Crippen molar-refractivity contribution < 1.29 is 14.3 Å². The average molecular weight is 409 g/mol. The number of hydrogen-bond acceptors (Lipinski definition) is 5. The SMILES string of the molecule is COc1cc(OC)c(NC(=O)c2ccc(-n3cnc4cccnc43)cc2)cc1Cl. The minimum atomic E-state index is -0.287. The summed E-state index contributed by atoms with van der Waals surface area (Å²) in [6.07, 6.45) is 3.42. The smallest absolute Gasteiger partial charge is 0.255 e. The number of rotatable bonds is 5. The maximum atomic E-state index is 12.7. The molecule has 0 aliphatic carbocycles. The number of anilines is 1. The number of imidazole rings is 1. The van der Waals surface area contributed by atoms with Crippen LogP contribution in [0, 0.1) is 0 Å². The van der Waals surface area contributed by atoms with Crippen molar-refractivity contribution in [2.24, 2.45) is 0 Å². The van der Waals surface area contributed by atoms with E-state index in [1.165, 1.54) is 14.2 Å². The Morgan fingerprint density at radius 3 is 2.52 bits per heavy atom. The van der Waals surface area contributed by atoms with Crippen LogP contribution in [0.4, 0.5) is 5.69 Å². The van der Waals surface area contributed by atoms with Crippen molar-refractivity contribution in [2.45, 2.75) is 0 Å². The normalized spacial score (nSPS) is 10.7. The lowest BCUT2D eigenvalue weighted by Crippen LogP contribution is -2.13. The molecule has 7 nitrogen and oxygen atoms in total. The van der Waals surface area contributed by atoms with Gasteiger partial charge in [0.1, 0.15) is 23.3 Å². The highest BCUT2D eigenvalue weighted by Crippen LogP contribution is 2.36. The zero-order chi connectivity index (χ0) is 20.4. The number of ether oxygens (including phenoxy) is 2. The van der Waals surface area contributed by atoms with Crippen LogP contribution in [-0.4, -0.2) is 34.7 Å². The van der Waals surface area contributed by atoms with E-state index >= 15 is 0 Å². The molecule has 2 aromatic heterocycles. The highest BCUT2D eigenvalue weighted by atomic mass is 35.5. The molecule has 0 radical (unpaired) electrons. The van der Waals surface area contributed by atoms with E-state index in [9.17, 15) is 4.79 Å². The lowest BCUT2D eigenvalue weighted by atomic mass is 10.2. The zero-order valence-electron chi connectivity index (χ0n) is 15.7. The third kappa shape index (κ3) is 3.60. The molecule has 0 spiro atoms. The van der Waals surface area contributed by atoms with Crippen LogP contribution >= 0.6 is 11.6 Å². The third-order valence-electron chi connectivity index (χ3n) is 4.44. The number of benzene rings is 2. The van der Waals surface area contributed by atoms with Crippen molar-refractivity contribution in [3.8, 4) is 17.2 Å². The van der Waals surface area contributed by atoms with E-state index in [0.717, 1.165) is 16.9 Å². The van der Waals surface area contributed by atoms with Gasteiger partial charge in [0.25, 0.3) is 5.91 Å². The van der Waals surface area contributed by atoms with Crippen molar-refractivity contribution in [2.75, 3.05) is 19.5 Å². The molecule has 1 N–H and O–H groups in total. The number of aromatic nitrogens is 3. The van der Waals surface area contributed by atoms with Gasteiger partial charge in [0.05, 0.1) is 24.9 Å². The predicted octanol–water partition coefficient (Wildman–Crippen LogP) is 4.34. The maximum absolute atomic E-state index is 12.7. The number of methoxy groups -OCH3 is 2. The molecule has 2 aromatic carbocycles. The van der Waals surface area contributed by atoms with E-state index in [1.54, 1.807) is 36.8 Å². The van der Waals surface area contributed by atoms with Crippen molar-refractivity contribution in [1.29, 1.82) is 0 Å². The number of fused-ring (bicyclic) bond motifs is 1. The summed E-state index contributed by atoms with van der Waals surface area (Å²) in [6, 6.07) is 14.1. The Bertz CT molecular complexity index is 1190. The predicted molar refractivity (Wildman–Crippen MR) is 111 cm³/mol. The first kappa shape index (κ1) is 18.8. The van der Waals surface area contributed by atoms with E-state index in [4.69, 9.17) is 21.1 Å². The van der Waals surface area contributed by atoms with Crippen molar-refractivity contribution >= 4 is 34.4 Å². The van der Waals surface area contributed by atoms with Gasteiger partial charge in [-0.1, -0.05) is 11.6 Å². The Morgan fingerprint density at radius 2 is 1.79 bits per heavy atom. The number of halogens is 1. The molecule has 8 heteroatoms. The van der Waals surface area contributed by atoms with Crippen LogP contribution in [0.2, 0.25) is 5.02 Å². The minimum absolute atomic E-state index is 0.287. The lowest BCUT2D eigenvalue weighted by Gasteiger charge is -2.13. The topological polar surface area (TPSA) is 78.3 Å². The Morgan fingerprint density at radius 1 is 1.03 bits per heavy atom. The summed E-state index contributed by atoms with van der Waals surface area (Å²) in [5.74, 6) is 0.629. The first-order valence-electron chi connectivity index (χ1n) is 8.72. The summed E-state index contributed by atoms with van der Waals surface area (Å²) in [4.78, 5) is 21.4. The van der Waals surface area contributed by atoms with Gasteiger partial charge in [-0.05, 0) is 42.5 Å². The van der Waals surface area contributed by atoms with Gasteiger partial charge in [-0.2, -0.15) is 0 Å². The molecule has 0 saturated heterocycles. The fourth-order valence-electron chi connectivity index (χ4n) is 2.96. The van der Waals surface area contributed by atoms with E-state index in [1.807, 2.05) is 28.8 Å². The molecule has 0 bridgehead atoms. The molecule has 0 atom stereocenters. The maximum Gasteiger partial charge on any atom is 0.255 e.